The van der Waals surface area contributed by atoms with Gasteiger partial charge in [-0.25, -0.2) is 0 Å². The zero-order valence-electron chi connectivity index (χ0n) is 11.0. The van der Waals surface area contributed by atoms with E-state index < -0.39 is 0 Å². The second-order valence-electron chi connectivity index (χ2n) is 4.40. The molecule has 0 saturated heterocycles. The summed E-state index contributed by atoms with van der Waals surface area (Å²) in [5.74, 6) is 1.03. The van der Waals surface area contributed by atoms with E-state index in [4.69, 9.17) is 16.0 Å². The average molecular weight is 350 g/mol. The molecule has 0 aliphatic carbocycles. The number of rotatable bonds is 4. The van der Waals surface area contributed by atoms with E-state index in [1.54, 1.807) is 0 Å². The number of fused-ring (bicyclic) bond motifs is 1. The van der Waals surface area contributed by atoms with E-state index in [9.17, 15) is 0 Å². The third-order valence-corrected chi connectivity index (χ3v) is 4.88. The van der Waals surface area contributed by atoms with Crippen molar-refractivity contribution in [1.29, 1.82) is 0 Å². The Hall–Kier alpha value is -1.90. The lowest BCUT2D eigenvalue weighted by Crippen LogP contribution is -1.82. The molecule has 9 heteroatoms. The zero-order valence-corrected chi connectivity index (χ0v) is 13.4. The molecule has 0 bridgehead atoms. The summed E-state index contributed by atoms with van der Waals surface area (Å²) in [4.78, 5) is 3.19. The Balaban J connectivity index is 1.57. The van der Waals surface area contributed by atoms with Crippen LogP contribution in [0, 0.1) is 0 Å². The van der Waals surface area contributed by atoms with Crippen molar-refractivity contribution >= 4 is 45.8 Å². The fourth-order valence-electron chi connectivity index (χ4n) is 2.04. The maximum absolute atomic E-state index is 5.97. The molecule has 0 amide bonds. The van der Waals surface area contributed by atoms with Crippen LogP contribution in [0.3, 0.4) is 0 Å². The second kappa shape index (κ2) is 5.71. The highest BCUT2D eigenvalue weighted by Crippen LogP contribution is 2.31. The van der Waals surface area contributed by atoms with Gasteiger partial charge in [0.25, 0.3) is 11.1 Å². The number of para-hydroxylation sites is 1. The number of aromatic nitrogens is 5. The van der Waals surface area contributed by atoms with Gasteiger partial charge in [-0.05, 0) is 6.07 Å². The van der Waals surface area contributed by atoms with E-state index in [-0.39, 0.29) is 0 Å². The molecule has 4 rings (SSSR count). The van der Waals surface area contributed by atoms with Crippen LogP contribution in [-0.2, 0) is 5.75 Å². The van der Waals surface area contributed by atoms with Crippen molar-refractivity contribution in [1.82, 2.24) is 24.8 Å². The molecule has 1 N–H and O–H groups in total. The molecule has 0 aliphatic heterocycles. The first-order valence-corrected chi connectivity index (χ1v) is 8.44. The Labute approximate surface area is 138 Å². The Kier molecular flexibility index (Phi) is 3.57. The number of hydrogen-bond acceptors (Lipinski definition) is 7. The maximum atomic E-state index is 5.97. The topological polar surface area (TPSA) is 80.5 Å². The summed E-state index contributed by atoms with van der Waals surface area (Å²) < 4.78 is 10.1. The number of hydrogen-bond donors (Lipinski definition) is 1. The molecule has 3 heterocycles. The fourth-order valence-corrected chi connectivity index (χ4v) is 3.53. The van der Waals surface area contributed by atoms with Gasteiger partial charge < -0.3 is 9.40 Å². The molecule has 0 fully saturated rings. The molecule has 0 atom stereocenters. The number of halogens is 1. The highest BCUT2D eigenvalue weighted by Gasteiger charge is 2.14. The van der Waals surface area contributed by atoms with Crippen LogP contribution in [0.5, 0.6) is 0 Å². The van der Waals surface area contributed by atoms with Crippen molar-refractivity contribution in [2.75, 3.05) is 0 Å². The van der Waals surface area contributed by atoms with Crippen molar-refractivity contribution in [2.45, 2.75) is 11.0 Å². The lowest BCUT2D eigenvalue weighted by atomic mass is 10.2. The highest BCUT2D eigenvalue weighted by molar-refractivity contribution is 7.98. The first-order valence-electron chi connectivity index (χ1n) is 6.31. The molecule has 0 radical (unpaired) electrons. The van der Waals surface area contributed by atoms with E-state index in [0.29, 0.717) is 21.2 Å². The molecule has 4 aromatic rings. The molecule has 0 saturated carbocycles. The van der Waals surface area contributed by atoms with Crippen LogP contribution in [0.15, 0.2) is 40.1 Å². The summed E-state index contributed by atoms with van der Waals surface area (Å²) in [6, 6.07) is 7.97. The quantitative estimate of drug-likeness (QED) is 0.560. The largest absolute Gasteiger partial charge is 0.411 e. The maximum Gasteiger partial charge on any atom is 0.277 e. The van der Waals surface area contributed by atoms with E-state index in [2.05, 4.69) is 24.8 Å². The number of H-pyrrole nitrogens is 1. The van der Waals surface area contributed by atoms with Gasteiger partial charge in [-0.3, -0.25) is 0 Å². The van der Waals surface area contributed by atoms with Crippen LogP contribution in [0.1, 0.15) is 5.69 Å². The molecule has 6 nitrogen and oxygen atoms in total. The normalized spacial score (nSPS) is 11.3. The van der Waals surface area contributed by atoms with Crippen LogP contribution >= 0.6 is 34.9 Å². The predicted molar refractivity (Wildman–Crippen MR) is 86.1 cm³/mol. The van der Waals surface area contributed by atoms with Gasteiger partial charge in [-0.15, -0.1) is 15.3 Å². The predicted octanol–water partition coefficient (Wildman–Crippen LogP) is 4.02. The summed E-state index contributed by atoms with van der Waals surface area (Å²) in [6.45, 7) is 0. The third-order valence-electron chi connectivity index (χ3n) is 3.07. The number of nitrogens with one attached hydrogen (secondary N) is 1. The third kappa shape index (κ3) is 2.49. The van der Waals surface area contributed by atoms with Gasteiger partial charge in [0.05, 0.1) is 5.56 Å². The molecule has 110 valence electrons. The molecule has 0 aliphatic rings. The van der Waals surface area contributed by atoms with Crippen molar-refractivity contribution in [3.05, 3.63) is 40.5 Å². The van der Waals surface area contributed by atoms with Crippen molar-refractivity contribution in [3.63, 3.8) is 0 Å². The van der Waals surface area contributed by atoms with Crippen molar-refractivity contribution in [3.8, 4) is 11.5 Å². The first kappa shape index (κ1) is 13.7. The minimum Gasteiger partial charge on any atom is -0.411 e. The first-order chi connectivity index (χ1) is 10.8. The van der Waals surface area contributed by atoms with E-state index in [0.717, 1.165) is 33.7 Å². The molecule has 0 spiro atoms. The SMILES string of the molecule is Clc1snnc1CSc1nnc(-c2c[nH]c3ccccc23)o1. The molecular weight excluding hydrogens is 342 g/mol. The van der Waals surface area contributed by atoms with Crippen molar-refractivity contribution < 1.29 is 4.42 Å². The second-order valence-corrected chi connectivity index (χ2v) is 6.69. The van der Waals surface area contributed by atoms with Crippen LogP contribution in [0.2, 0.25) is 4.34 Å². The fraction of sp³-hybridized carbons (Fsp3) is 0.0769. The van der Waals surface area contributed by atoms with Gasteiger partial charge in [0.2, 0.25) is 0 Å². The highest BCUT2D eigenvalue weighted by atomic mass is 35.5. The van der Waals surface area contributed by atoms with Crippen molar-refractivity contribution in [2.24, 2.45) is 0 Å². The van der Waals surface area contributed by atoms with Gasteiger partial charge in [0.15, 0.2) is 0 Å². The van der Waals surface area contributed by atoms with Gasteiger partial charge in [-0.2, -0.15) is 0 Å². The van der Waals surface area contributed by atoms with E-state index >= 15 is 0 Å². The lowest BCUT2D eigenvalue weighted by Gasteiger charge is -1.93. The number of benzene rings is 1. The Morgan fingerprint density at radius 3 is 3.00 bits per heavy atom. The van der Waals surface area contributed by atoms with Crippen LogP contribution in [0.4, 0.5) is 0 Å². The van der Waals surface area contributed by atoms with Crippen LogP contribution < -0.4 is 0 Å². The van der Waals surface area contributed by atoms with Gasteiger partial charge >= 0.3 is 0 Å². The summed E-state index contributed by atoms with van der Waals surface area (Å²) in [5.41, 5.74) is 2.65. The van der Waals surface area contributed by atoms with Crippen LogP contribution in [0.25, 0.3) is 22.4 Å². The zero-order chi connectivity index (χ0) is 14.9. The molecule has 0 unspecified atom stereocenters. The number of thioether (sulfide) groups is 1. The molecular formula is C13H8ClN5OS2. The smallest absolute Gasteiger partial charge is 0.277 e. The average Bonchev–Trinajstić information content (AvgIpc) is 3.24. The summed E-state index contributed by atoms with van der Waals surface area (Å²) in [5, 5.41) is 13.6. The van der Waals surface area contributed by atoms with Gasteiger partial charge in [0.1, 0.15) is 10.0 Å². The molecule has 22 heavy (non-hydrogen) atoms. The Morgan fingerprint density at radius 2 is 2.14 bits per heavy atom. The van der Waals surface area contributed by atoms with E-state index in [1.165, 1.54) is 11.8 Å². The number of aromatic amines is 1. The van der Waals surface area contributed by atoms with Crippen LogP contribution in [-0.4, -0.2) is 24.8 Å². The number of nitrogens with zero attached hydrogens (tertiary/aromatic N) is 4. The van der Waals surface area contributed by atoms with Gasteiger partial charge in [-0.1, -0.05) is 46.1 Å². The minimum atomic E-state index is 0.476. The minimum absolute atomic E-state index is 0.476. The Morgan fingerprint density at radius 1 is 1.23 bits per heavy atom. The lowest BCUT2D eigenvalue weighted by molar-refractivity contribution is 0.466. The monoisotopic (exact) mass is 349 g/mol. The summed E-state index contributed by atoms with van der Waals surface area (Å²) >= 11 is 8.52. The van der Waals surface area contributed by atoms with E-state index in [1.807, 2.05) is 30.5 Å². The molecule has 1 aromatic carbocycles. The summed E-state index contributed by atoms with van der Waals surface area (Å²) in [6.07, 6.45) is 1.87. The molecule has 3 aromatic heterocycles. The van der Waals surface area contributed by atoms with Gasteiger partial charge in [0, 0.05) is 34.4 Å². The summed E-state index contributed by atoms with van der Waals surface area (Å²) in [7, 11) is 0. The Bertz CT molecular complexity index is 931. The standard InChI is InChI=1S/C13H8ClN5OS2/c14-11-10(16-19-22-11)6-21-13-18-17-12(20-13)8-5-15-9-4-2-1-3-7(8)9/h1-5,15H,6H2.